The molecule has 3 aromatic rings. The third kappa shape index (κ3) is 5.27. The second-order valence-electron chi connectivity index (χ2n) is 7.09. The van der Waals surface area contributed by atoms with E-state index in [-0.39, 0.29) is 16.9 Å². The highest BCUT2D eigenvalue weighted by atomic mass is 32.2. The summed E-state index contributed by atoms with van der Waals surface area (Å²) in [6.07, 6.45) is 1.42. The molecule has 0 saturated heterocycles. The van der Waals surface area contributed by atoms with Gasteiger partial charge in [0.2, 0.25) is 6.79 Å². The number of amides is 1. The molecule has 2 aromatic carbocycles. The van der Waals surface area contributed by atoms with Crippen molar-refractivity contribution in [3.63, 3.8) is 0 Å². The molecule has 0 saturated carbocycles. The van der Waals surface area contributed by atoms with Crippen molar-refractivity contribution in [2.24, 2.45) is 5.10 Å². The number of carbonyl (C=O) groups excluding carboxylic acids is 1. The Morgan fingerprint density at radius 1 is 1.09 bits per heavy atom. The van der Waals surface area contributed by atoms with Crippen LogP contribution >= 0.6 is 11.3 Å². The van der Waals surface area contributed by atoms with Gasteiger partial charge >= 0.3 is 0 Å². The van der Waals surface area contributed by atoms with Crippen molar-refractivity contribution >= 4 is 38.7 Å². The highest BCUT2D eigenvalue weighted by Crippen LogP contribution is 2.32. The van der Waals surface area contributed by atoms with Gasteiger partial charge in [-0.25, -0.2) is 13.8 Å². The average molecular weight is 472 g/mol. The van der Waals surface area contributed by atoms with Crippen molar-refractivity contribution in [1.82, 2.24) is 5.43 Å². The second-order valence-corrected chi connectivity index (χ2v) is 9.95. The Morgan fingerprint density at radius 3 is 2.62 bits per heavy atom. The maximum Gasteiger partial charge on any atom is 0.271 e. The van der Waals surface area contributed by atoms with Crippen molar-refractivity contribution in [2.75, 3.05) is 11.5 Å². The standard InChI is InChI=1S/C22H21N3O5S2/c1-15(4-5-16-6-11-19-20(13-16)30-14-29-19)23-24-22(26)17-7-9-18(10-8-17)25-32(27,28)21-3-2-12-31-21/h2-3,6-13,25H,4-5,14H2,1H3,(H,24,26). The van der Waals surface area contributed by atoms with Gasteiger partial charge in [0, 0.05) is 17.0 Å². The van der Waals surface area contributed by atoms with E-state index < -0.39 is 10.0 Å². The number of fused-ring (bicyclic) bond motifs is 1. The number of sulfonamides is 1. The molecule has 0 fully saturated rings. The Balaban J connectivity index is 1.30. The summed E-state index contributed by atoms with van der Waals surface area (Å²) in [6.45, 7) is 2.09. The van der Waals surface area contributed by atoms with Crippen LogP contribution in [0.4, 0.5) is 5.69 Å². The molecular formula is C22H21N3O5S2. The van der Waals surface area contributed by atoms with Crippen LogP contribution in [0, 0.1) is 0 Å². The third-order valence-electron chi connectivity index (χ3n) is 4.72. The van der Waals surface area contributed by atoms with Crippen LogP contribution in [0.25, 0.3) is 0 Å². The number of hydrazone groups is 1. The minimum atomic E-state index is -3.63. The number of nitrogens with zero attached hydrogens (tertiary/aromatic N) is 1. The molecular weight excluding hydrogens is 450 g/mol. The van der Waals surface area contributed by atoms with E-state index in [9.17, 15) is 13.2 Å². The Hall–Kier alpha value is -3.37. The number of rotatable bonds is 8. The Bertz CT molecular complexity index is 1240. The van der Waals surface area contributed by atoms with E-state index in [4.69, 9.17) is 9.47 Å². The largest absolute Gasteiger partial charge is 0.454 e. The highest BCUT2D eigenvalue weighted by Gasteiger charge is 2.16. The van der Waals surface area contributed by atoms with E-state index in [1.807, 2.05) is 25.1 Å². The van der Waals surface area contributed by atoms with Crippen LogP contribution in [0.3, 0.4) is 0 Å². The van der Waals surface area contributed by atoms with E-state index in [2.05, 4.69) is 15.2 Å². The van der Waals surface area contributed by atoms with Gasteiger partial charge in [-0.3, -0.25) is 9.52 Å². The molecule has 0 bridgehead atoms. The zero-order valence-corrected chi connectivity index (χ0v) is 18.8. The van der Waals surface area contributed by atoms with Crippen LogP contribution in [0.1, 0.15) is 29.3 Å². The number of anilines is 1. The fourth-order valence-corrected chi connectivity index (χ4v) is 5.05. The highest BCUT2D eigenvalue weighted by molar-refractivity contribution is 7.94. The van der Waals surface area contributed by atoms with Gasteiger partial charge in [0.05, 0.1) is 0 Å². The molecule has 1 aliphatic rings. The van der Waals surface area contributed by atoms with Crippen molar-refractivity contribution in [3.8, 4) is 11.5 Å². The molecule has 0 spiro atoms. The summed E-state index contributed by atoms with van der Waals surface area (Å²) in [5.41, 5.74) is 5.15. The summed E-state index contributed by atoms with van der Waals surface area (Å²) >= 11 is 1.13. The van der Waals surface area contributed by atoms with Crippen LogP contribution in [0.15, 0.2) is 69.3 Å². The van der Waals surface area contributed by atoms with Gasteiger partial charge in [-0.2, -0.15) is 5.10 Å². The molecule has 0 aliphatic carbocycles. The monoisotopic (exact) mass is 471 g/mol. The van der Waals surface area contributed by atoms with Gasteiger partial charge in [0.25, 0.3) is 15.9 Å². The first kappa shape index (κ1) is 21.8. The number of hydrogen-bond donors (Lipinski definition) is 2. The Kier molecular flexibility index (Phi) is 6.42. The Morgan fingerprint density at radius 2 is 1.88 bits per heavy atom. The van der Waals surface area contributed by atoms with Gasteiger partial charge in [0.1, 0.15) is 4.21 Å². The minimum absolute atomic E-state index is 0.227. The summed E-state index contributed by atoms with van der Waals surface area (Å²) in [4.78, 5) is 12.3. The molecule has 0 atom stereocenters. The predicted octanol–water partition coefficient (Wildman–Crippen LogP) is 4.02. The van der Waals surface area contributed by atoms with E-state index in [0.29, 0.717) is 17.7 Å². The molecule has 1 aliphatic heterocycles. The van der Waals surface area contributed by atoms with Crippen LogP contribution in [-0.4, -0.2) is 26.8 Å². The molecule has 2 N–H and O–H groups in total. The second kappa shape index (κ2) is 9.41. The lowest BCUT2D eigenvalue weighted by Gasteiger charge is -2.07. The van der Waals surface area contributed by atoms with Crippen LogP contribution in [0.2, 0.25) is 0 Å². The molecule has 8 nitrogen and oxygen atoms in total. The first-order valence-corrected chi connectivity index (χ1v) is 12.2. The number of thiophene rings is 1. The third-order valence-corrected chi connectivity index (χ3v) is 7.50. The first-order chi connectivity index (χ1) is 15.4. The van der Waals surface area contributed by atoms with Gasteiger partial charge in [-0.15, -0.1) is 11.3 Å². The number of carbonyl (C=O) groups is 1. The summed E-state index contributed by atoms with van der Waals surface area (Å²) in [5.74, 6) is 1.11. The molecule has 4 rings (SSSR count). The van der Waals surface area contributed by atoms with Crippen LogP contribution in [-0.2, 0) is 16.4 Å². The molecule has 2 heterocycles. The van der Waals surface area contributed by atoms with Gasteiger partial charge in [0.15, 0.2) is 11.5 Å². The average Bonchev–Trinajstić information content (AvgIpc) is 3.48. The molecule has 0 unspecified atom stereocenters. The fourth-order valence-electron chi connectivity index (χ4n) is 3.00. The fraction of sp³-hybridized carbons (Fsp3) is 0.182. The van der Waals surface area contributed by atoms with Gasteiger partial charge < -0.3 is 9.47 Å². The lowest BCUT2D eigenvalue weighted by Crippen LogP contribution is -2.19. The maximum atomic E-state index is 12.3. The first-order valence-electron chi connectivity index (χ1n) is 9.79. The lowest BCUT2D eigenvalue weighted by atomic mass is 10.1. The summed E-state index contributed by atoms with van der Waals surface area (Å²) in [5, 5.41) is 5.85. The number of ether oxygens (including phenoxy) is 2. The number of benzene rings is 2. The van der Waals surface area contributed by atoms with Gasteiger partial charge in [-0.1, -0.05) is 12.1 Å². The lowest BCUT2D eigenvalue weighted by molar-refractivity contribution is 0.0954. The van der Waals surface area contributed by atoms with Crippen LogP contribution < -0.4 is 19.6 Å². The van der Waals surface area contributed by atoms with E-state index in [1.54, 1.807) is 23.6 Å². The molecule has 32 heavy (non-hydrogen) atoms. The summed E-state index contributed by atoms with van der Waals surface area (Å²) < 4.78 is 37.9. The van der Waals surface area contributed by atoms with Crippen molar-refractivity contribution in [1.29, 1.82) is 0 Å². The number of nitrogens with one attached hydrogen (secondary N) is 2. The van der Waals surface area contributed by atoms with E-state index >= 15 is 0 Å². The molecule has 1 aromatic heterocycles. The summed E-state index contributed by atoms with van der Waals surface area (Å²) in [6, 6.07) is 15.2. The molecule has 166 valence electrons. The van der Waals surface area contributed by atoms with E-state index in [1.165, 1.54) is 18.2 Å². The van der Waals surface area contributed by atoms with Crippen LogP contribution in [0.5, 0.6) is 11.5 Å². The molecule has 10 heteroatoms. The quantitative estimate of drug-likeness (QED) is 0.381. The number of hydrogen-bond acceptors (Lipinski definition) is 7. The molecule has 1 amide bonds. The van der Waals surface area contributed by atoms with E-state index in [0.717, 1.165) is 40.5 Å². The van der Waals surface area contributed by atoms with Gasteiger partial charge in [-0.05, 0) is 73.2 Å². The molecule has 0 radical (unpaired) electrons. The zero-order valence-electron chi connectivity index (χ0n) is 17.2. The Labute approximate surface area is 189 Å². The van der Waals surface area contributed by atoms with Crippen molar-refractivity contribution in [2.45, 2.75) is 24.0 Å². The minimum Gasteiger partial charge on any atom is -0.454 e. The summed E-state index contributed by atoms with van der Waals surface area (Å²) in [7, 11) is -3.63. The maximum absolute atomic E-state index is 12.3. The van der Waals surface area contributed by atoms with Crippen molar-refractivity contribution < 1.29 is 22.7 Å². The topological polar surface area (TPSA) is 106 Å². The smallest absolute Gasteiger partial charge is 0.271 e. The SMILES string of the molecule is CC(CCc1ccc2c(c1)OCO2)=NNC(=O)c1ccc(NS(=O)(=O)c2cccs2)cc1. The van der Waals surface area contributed by atoms with Crippen molar-refractivity contribution in [3.05, 3.63) is 71.1 Å². The normalized spacial score (nSPS) is 13.1. The predicted molar refractivity (Wildman–Crippen MR) is 123 cm³/mol. The zero-order chi connectivity index (χ0) is 22.6. The number of aryl methyl sites for hydroxylation is 1.